The molecule has 0 aliphatic carbocycles. The molecule has 0 atom stereocenters. The van der Waals surface area contributed by atoms with Crippen molar-refractivity contribution >= 4 is 27.8 Å². The minimum atomic E-state index is -0.0669. The van der Waals surface area contributed by atoms with Gasteiger partial charge in [-0.15, -0.1) is 11.3 Å². The highest BCUT2D eigenvalue weighted by molar-refractivity contribution is 7.19. The van der Waals surface area contributed by atoms with Gasteiger partial charge in [0.1, 0.15) is 0 Å². The van der Waals surface area contributed by atoms with Crippen LogP contribution in [0, 0.1) is 0 Å². The van der Waals surface area contributed by atoms with Crippen molar-refractivity contribution < 1.29 is 4.79 Å². The van der Waals surface area contributed by atoms with E-state index in [9.17, 15) is 4.79 Å². The molecule has 1 aromatic heterocycles. The Hall–Kier alpha value is -2.77. The van der Waals surface area contributed by atoms with Crippen LogP contribution < -0.4 is 10.6 Å². The molecule has 0 saturated carbocycles. The number of thiophene rings is 1. The Bertz CT molecular complexity index is 1190. The molecule has 1 fully saturated rings. The van der Waals surface area contributed by atoms with E-state index >= 15 is 0 Å². The summed E-state index contributed by atoms with van der Waals surface area (Å²) in [7, 11) is 4.34. The second-order valence-electron chi connectivity index (χ2n) is 10.1. The quantitative estimate of drug-likeness (QED) is 0.445. The Kier molecular flexibility index (Phi) is 7.97. The number of rotatable bonds is 7. The van der Waals surface area contributed by atoms with E-state index in [0.29, 0.717) is 11.6 Å². The molecule has 36 heavy (non-hydrogen) atoms. The lowest BCUT2D eigenvalue weighted by molar-refractivity contribution is 0.102. The molecule has 2 aliphatic heterocycles. The molecule has 0 bridgehead atoms. The Morgan fingerprint density at radius 3 is 2.31 bits per heavy atom. The maximum atomic E-state index is 12.8. The Morgan fingerprint density at radius 1 is 0.889 bits per heavy atom. The number of piperidine rings is 1. The molecule has 1 saturated heterocycles. The van der Waals surface area contributed by atoms with Crippen LogP contribution in [-0.2, 0) is 6.54 Å². The van der Waals surface area contributed by atoms with E-state index in [0.717, 1.165) is 49.0 Å². The topological polar surface area (TPSA) is 47.6 Å². The van der Waals surface area contributed by atoms with Gasteiger partial charge in [-0.2, -0.15) is 0 Å². The number of nitrogens with one attached hydrogen (secondary N) is 2. The maximum Gasteiger partial charge on any atom is 0.256 e. The van der Waals surface area contributed by atoms with Crippen molar-refractivity contribution in [2.24, 2.45) is 0 Å². The van der Waals surface area contributed by atoms with Crippen LogP contribution in [0.4, 0.5) is 5.00 Å². The van der Waals surface area contributed by atoms with Gasteiger partial charge in [0.15, 0.2) is 0 Å². The fraction of sp³-hybridized carbons (Fsp3) is 0.367. The molecule has 0 unspecified atom stereocenters. The number of likely N-dealkylation sites (tertiary alicyclic amines) is 1. The number of hydrogen-bond acceptors (Lipinski definition) is 5. The summed E-state index contributed by atoms with van der Waals surface area (Å²) in [4.78, 5) is 18.7. The fourth-order valence-electron chi connectivity index (χ4n) is 4.87. The van der Waals surface area contributed by atoms with Gasteiger partial charge in [0.25, 0.3) is 5.91 Å². The van der Waals surface area contributed by atoms with Crippen LogP contribution in [0.2, 0.25) is 0 Å². The molecule has 3 aromatic rings. The summed E-state index contributed by atoms with van der Waals surface area (Å²) in [5.41, 5.74) is 5.82. The highest BCUT2D eigenvalue weighted by Gasteiger charge is 2.16. The summed E-state index contributed by atoms with van der Waals surface area (Å²) in [6, 6.07) is 21.4. The molecular weight excluding hydrogens is 464 g/mol. The first-order chi connectivity index (χ1) is 17.5. The number of nitrogens with zero attached hydrogens (tertiary/aromatic N) is 2. The SMILES string of the molecule is CN1CC=C(c2ccc(-c3ccc(NC(=O)c4ccc(CNC5CCN(C)CC5)cc4)s3)cc2)CC1. The third-order valence-electron chi connectivity index (χ3n) is 7.32. The van der Waals surface area contributed by atoms with Crippen LogP contribution >= 0.6 is 11.3 Å². The van der Waals surface area contributed by atoms with E-state index in [1.54, 1.807) is 11.3 Å². The van der Waals surface area contributed by atoms with E-state index in [4.69, 9.17) is 0 Å². The maximum absolute atomic E-state index is 12.8. The lowest BCUT2D eigenvalue weighted by atomic mass is 9.98. The molecule has 188 valence electrons. The van der Waals surface area contributed by atoms with Gasteiger partial charge < -0.3 is 20.4 Å². The van der Waals surface area contributed by atoms with E-state index in [1.807, 2.05) is 18.2 Å². The van der Waals surface area contributed by atoms with Crippen LogP contribution in [0.3, 0.4) is 0 Å². The van der Waals surface area contributed by atoms with Gasteiger partial charge in [-0.1, -0.05) is 42.5 Å². The van der Waals surface area contributed by atoms with Crippen molar-refractivity contribution in [3.63, 3.8) is 0 Å². The summed E-state index contributed by atoms with van der Waals surface area (Å²) < 4.78 is 0. The number of carbonyl (C=O) groups is 1. The minimum Gasteiger partial charge on any atom is -0.314 e. The number of carbonyl (C=O) groups excluding carboxylic acids is 1. The van der Waals surface area contributed by atoms with Gasteiger partial charge in [-0.25, -0.2) is 0 Å². The Labute approximate surface area is 218 Å². The lowest BCUT2D eigenvalue weighted by Gasteiger charge is -2.29. The van der Waals surface area contributed by atoms with E-state index in [2.05, 4.69) is 83.1 Å². The molecule has 3 heterocycles. The summed E-state index contributed by atoms with van der Waals surface area (Å²) in [6.45, 7) is 5.28. The largest absolute Gasteiger partial charge is 0.314 e. The zero-order chi connectivity index (χ0) is 24.9. The predicted octanol–water partition coefficient (Wildman–Crippen LogP) is 5.57. The molecule has 6 heteroatoms. The Morgan fingerprint density at radius 2 is 1.61 bits per heavy atom. The lowest BCUT2D eigenvalue weighted by Crippen LogP contribution is -2.40. The third kappa shape index (κ3) is 6.31. The molecule has 5 rings (SSSR count). The highest BCUT2D eigenvalue weighted by atomic mass is 32.1. The molecule has 2 aromatic carbocycles. The number of benzene rings is 2. The van der Waals surface area contributed by atoms with Crippen LogP contribution in [0.1, 0.15) is 40.7 Å². The van der Waals surface area contributed by atoms with Crippen molar-refractivity contribution in [1.29, 1.82) is 0 Å². The van der Waals surface area contributed by atoms with Gasteiger partial charge in [0.2, 0.25) is 0 Å². The number of anilines is 1. The molecule has 2 N–H and O–H groups in total. The summed E-state index contributed by atoms with van der Waals surface area (Å²) in [5.74, 6) is -0.0669. The summed E-state index contributed by atoms with van der Waals surface area (Å²) in [5, 5.41) is 7.59. The zero-order valence-electron chi connectivity index (χ0n) is 21.3. The molecule has 0 radical (unpaired) electrons. The monoisotopic (exact) mass is 500 g/mol. The first-order valence-corrected chi connectivity index (χ1v) is 13.8. The van der Waals surface area contributed by atoms with Crippen LogP contribution in [-0.4, -0.2) is 62.0 Å². The van der Waals surface area contributed by atoms with Gasteiger partial charge in [-0.3, -0.25) is 4.79 Å². The van der Waals surface area contributed by atoms with Crippen molar-refractivity contribution in [1.82, 2.24) is 15.1 Å². The third-order valence-corrected chi connectivity index (χ3v) is 8.37. The predicted molar refractivity (Wildman–Crippen MR) is 152 cm³/mol. The average Bonchev–Trinajstić information content (AvgIpc) is 3.38. The second kappa shape index (κ2) is 11.5. The fourth-order valence-corrected chi connectivity index (χ4v) is 5.78. The van der Waals surface area contributed by atoms with Crippen molar-refractivity contribution in [2.45, 2.75) is 31.8 Å². The smallest absolute Gasteiger partial charge is 0.256 e. The molecule has 1 amide bonds. The normalized spacial score (nSPS) is 17.7. The molecule has 5 nitrogen and oxygen atoms in total. The van der Waals surface area contributed by atoms with E-state index in [-0.39, 0.29) is 5.91 Å². The van der Waals surface area contributed by atoms with Crippen LogP contribution in [0.25, 0.3) is 16.0 Å². The zero-order valence-corrected chi connectivity index (χ0v) is 22.1. The first-order valence-electron chi connectivity index (χ1n) is 12.9. The van der Waals surface area contributed by atoms with Crippen LogP contribution in [0.15, 0.2) is 66.7 Å². The van der Waals surface area contributed by atoms with Gasteiger partial charge in [0.05, 0.1) is 5.00 Å². The number of likely N-dealkylation sites (N-methyl/N-ethyl adjacent to an activating group) is 1. The summed E-state index contributed by atoms with van der Waals surface area (Å²) in [6.07, 6.45) is 5.82. The average molecular weight is 501 g/mol. The van der Waals surface area contributed by atoms with E-state index < -0.39 is 0 Å². The minimum absolute atomic E-state index is 0.0669. The number of hydrogen-bond donors (Lipinski definition) is 2. The van der Waals surface area contributed by atoms with Gasteiger partial charge in [0, 0.05) is 36.1 Å². The van der Waals surface area contributed by atoms with Gasteiger partial charge in [-0.05, 0) is 93.0 Å². The van der Waals surface area contributed by atoms with Crippen molar-refractivity contribution in [2.75, 3.05) is 45.6 Å². The molecule has 2 aliphatic rings. The number of amides is 1. The van der Waals surface area contributed by atoms with Crippen molar-refractivity contribution in [3.05, 3.63) is 83.4 Å². The summed E-state index contributed by atoms with van der Waals surface area (Å²) >= 11 is 1.61. The Balaban J connectivity index is 1.14. The first kappa shape index (κ1) is 24.9. The van der Waals surface area contributed by atoms with Crippen molar-refractivity contribution in [3.8, 4) is 10.4 Å². The van der Waals surface area contributed by atoms with Crippen LogP contribution in [0.5, 0.6) is 0 Å². The second-order valence-corrected chi connectivity index (χ2v) is 11.2. The van der Waals surface area contributed by atoms with E-state index in [1.165, 1.54) is 35.1 Å². The highest BCUT2D eigenvalue weighted by Crippen LogP contribution is 2.33. The van der Waals surface area contributed by atoms with Gasteiger partial charge >= 0.3 is 0 Å². The molecular formula is C30H36N4OS. The molecule has 0 spiro atoms. The standard InChI is InChI=1S/C30H36N4OS/c1-33-17-13-24(14-18-33)23-7-9-25(10-8-23)28-11-12-29(36-28)32-30(35)26-5-3-22(4-6-26)21-31-27-15-19-34(2)20-16-27/h3-13,27,31H,14-21H2,1-2H3,(H,32,35).